The first-order valence-corrected chi connectivity index (χ1v) is 7.14. The first-order valence-electron chi connectivity index (χ1n) is 6.33. The van der Waals surface area contributed by atoms with E-state index >= 15 is 0 Å². The summed E-state index contributed by atoms with van der Waals surface area (Å²) in [6, 6.07) is 12.4. The molecule has 96 valence electrons. The van der Waals surface area contributed by atoms with E-state index < -0.39 is 0 Å². The number of fused-ring (bicyclic) bond motifs is 1. The zero-order valence-electron chi connectivity index (χ0n) is 10.8. The van der Waals surface area contributed by atoms with Gasteiger partial charge in [-0.3, -0.25) is 0 Å². The molecule has 2 heterocycles. The Balaban J connectivity index is 2.05. The lowest BCUT2D eigenvalue weighted by Gasteiger charge is -2.06. The molecule has 0 aliphatic carbocycles. The van der Waals surface area contributed by atoms with Crippen molar-refractivity contribution in [2.45, 2.75) is 6.42 Å². The van der Waals surface area contributed by atoms with Gasteiger partial charge in [-0.05, 0) is 37.7 Å². The van der Waals surface area contributed by atoms with E-state index in [0.29, 0.717) is 0 Å². The molecule has 0 saturated heterocycles. The molecule has 0 aliphatic rings. The highest BCUT2D eigenvalue weighted by molar-refractivity contribution is 7.21. The summed E-state index contributed by atoms with van der Waals surface area (Å²) in [7, 11) is 1.98. The van der Waals surface area contributed by atoms with Gasteiger partial charge in [0.15, 0.2) is 0 Å². The lowest BCUT2D eigenvalue weighted by Crippen LogP contribution is -2.10. The summed E-state index contributed by atoms with van der Waals surface area (Å²) in [6.07, 6.45) is 2.83. The van der Waals surface area contributed by atoms with Crippen molar-refractivity contribution in [3.63, 3.8) is 0 Å². The second-order valence-electron chi connectivity index (χ2n) is 4.36. The molecule has 3 rings (SSSR count). The largest absolute Gasteiger partial charge is 0.319 e. The summed E-state index contributed by atoms with van der Waals surface area (Å²) in [5.41, 5.74) is 3.53. The van der Waals surface area contributed by atoms with Gasteiger partial charge in [0.2, 0.25) is 0 Å². The van der Waals surface area contributed by atoms with E-state index in [1.54, 1.807) is 11.3 Å². The van der Waals surface area contributed by atoms with Crippen molar-refractivity contribution in [3.05, 3.63) is 48.2 Å². The van der Waals surface area contributed by atoms with E-state index in [1.165, 1.54) is 11.1 Å². The van der Waals surface area contributed by atoms with Crippen molar-refractivity contribution in [3.8, 4) is 10.6 Å². The van der Waals surface area contributed by atoms with E-state index in [4.69, 9.17) is 0 Å². The van der Waals surface area contributed by atoms with Crippen LogP contribution in [0.2, 0.25) is 0 Å². The van der Waals surface area contributed by atoms with Crippen LogP contribution in [-0.2, 0) is 6.42 Å². The predicted octanol–water partition coefficient (Wildman–Crippen LogP) is 3.12. The first kappa shape index (κ1) is 12.3. The Bertz CT molecular complexity index is 657. The molecule has 0 bridgehead atoms. The minimum Gasteiger partial charge on any atom is -0.319 e. The summed E-state index contributed by atoms with van der Waals surface area (Å²) in [6.45, 7) is 0.972. The van der Waals surface area contributed by atoms with Gasteiger partial charge in [-0.15, -0.1) is 0 Å². The minimum atomic E-state index is 0.972. The highest BCUT2D eigenvalue weighted by atomic mass is 32.1. The van der Waals surface area contributed by atoms with Gasteiger partial charge in [0.25, 0.3) is 0 Å². The summed E-state index contributed by atoms with van der Waals surface area (Å²) in [5.74, 6) is 0. The molecular formula is C15H15N3S. The van der Waals surface area contributed by atoms with Crippen LogP contribution in [0.15, 0.2) is 42.6 Å². The number of rotatable bonds is 4. The van der Waals surface area contributed by atoms with Crippen LogP contribution in [0.5, 0.6) is 0 Å². The molecule has 19 heavy (non-hydrogen) atoms. The number of hydrogen-bond acceptors (Lipinski definition) is 4. The molecule has 3 nitrogen and oxygen atoms in total. The van der Waals surface area contributed by atoms with Gasteiger partial charge < -0.3 is 5.32 Å². The second-order valence-corrected chi connectivity index (χ2v) is 5.33. The van der Waals surface area contributed by atoms with Crippen molar-refractivity contribution in [1.29, 1.82) is 0 Å². The van der Waals surface area contributed by atoms with Crippen molar-refractivity contribution >= 4 is 21.7 Å². The molecule has 0 radical (unpaired) electrons. The predicted molar refractivity (Wildman–Crippen MR) is 80.5 cm³/mol. The van der Waals surface area contributed by atoms with Crippen LogP contribution >= 0.6 is 11.3 Å². The van der Waals surface area contributed by atoms with Crippen LogP contribution in [0.4, 0.5) is 0 Å². The quantitative estimate of drug-likeness (QED) is 0.791. The number of aromatic nitrogens is 2. The molecule has 0 unspecified atom stereocenters. The number of pyridine rings is 1. The zero-order valence-corrected chi connectivity index (χ0v) is 11.6. The summed E-state index contributed by atoms with van der Waals surface area (Å²) in [4.78, 5) is 10.1. The fraction of sp³-hybridized carbons (Fsp3) is 0.200. The molecule has 0 saturated carbocycles. The van der Waals surface area contributed by atoms with E-state index in [0.717, 1.165) is 28.3 Å². The maximum absolute atomic E-state index is 4.69. The van der Waals surface area contributed by atoms with Crippen molar-refractivity contribution in [2.24, 2.45) is 0 Å². The third-order valence-corrected chi connectivity index (χ3v) is 4.07. The van der Waals surface area contributed by atoms with Crippen LogP contribution in [0.25, 0.3) is 20.9 Å². The lowest BCUT2D eigenvalue weighted by atomic mass is 10.1. The third-order valence-electron chi connectivity index (χ3n) is 3.06. The van der Waals surface area contributed by atoms with Crippen LogP contribution < -0.4 is 5.32 Å². The number of nitrogens with zero attached hydrogens (tertiary/aromatic N) is 2. The van der Waals surface area contributed by atoms with Gasteiger partial charge in [0.05, 0.1) is 0 Å². The summed E-state index contributed by atoms with van der Waals surface area (Å²) >= 11 is 1.66. The standard InChI is InChI=1S/C15H15N3S/c1-16-10-8-11-5-2-3-6-12(11)14-18-13-7-4-9-17-15(13)19-14/h2-7,9,16H,8,10H2,1H3. The fourth-order valence-electron chi connectivity index (χ4n) is 2.09. The molecule has 4 heteroatoms. The highest BCUT2D eigenvalue weighted by Gasteiger charge is 2.10. The second kappa shape index (κ2) is 5.47. The molecule has 0 fully saturated rings. The topological polar surface area (TPSA) is 37.8 Å². The maximum atomic E-state index is 4.69. The Hall–Kier alpha value is -1.78. The molecule has 1 aromatic carbocycles. The molecular weight excluding hydrogens is 254 g/mol. The molecule has 0 spiro atoms. The molecule has 2 aromatic heterocycles. The third kappa shape index (κ3) is 2.50. The van der Waals surface area contributed by atoms with Gasteiger partial charge in [0, 0.05) is 11.8 Å². The Labute approximate surface area is 116 Å². The molecule has 0 aliphatic heterocycles. The number of thiazole rings is 1. The van der Waals surface area contributed by atoms with Crippen LogP contribution in [0, 0.1) is 0 Å². The Morgan fingerprint density at radius 1 is 1.16 bits per heavy atom. The van der Waals surface area contributed by atoms with Gasteiger partial charge >= 0.3 is 0 Å². The Morgan fingerprint density at radius 3 is 2.89 bits per heavy atom. The van der Waals surface area contributed by atoms with E-state index in [1.807, 2.05) is 25.4 Å². The van der Waals surface area contributed by atoms with E-state index in [9.17, 15) is 0 Å². The number of benzene rings is 1. The minimum absolute atomic E-state index is 0.972. The van der Waals surface area contributed by atoms with Crippen molar-refractivity contribution in [1.82, 2.24) is 15.3 Å². The van der Waals surface area contributed by atoms with Crippen LogP contribution in [0.3, 0.4) is 0 Å². The smallest absolute Gasteiger partial charge is 0.143 e. The number of likely N-dealkylation sites (N-methyl/N-ethyl adjacent to an activating group) is 1. The number of nitrogens with one attached hydrogen (secondary N) is 1. The van der Waals surface area contributed by atoms with Crippen molar-refractivity contribution < 1.29 is 0 Å². The SMILES string of the molecule is CNCCc1ccccc1-c1nc2cccnc2s1. The van der Waals surface area contributed by atoms with E-state index in [2.05, 4.69) is 39.6 Å². The molecule has 0 amide bonds. The van der Waals surface area contributed by atoms with Gasteiger partial charge in [-0.1, -0.05) is 35.6 Å². The first-order chi connectivity index (χ1) is 9.38. The molecule has 0 atom stereocenters. The van der Waals surface area contributed by atoms with Gasteiger partial charge in [-0.25, -0.2) is 9.97 Å². The fourth-order valence-corrected chi connectivity index (χ4v) is 3.06. The Kier molecular flexibility index (Phi) is 3.53. The van der Waals surface area contributed by atoms with Crippen LogP contribution in [0.1, 0.15) is 5.56 Å². The normalized spacial score (nSPS) is 11.0. The average Bonchev–Trinajstić information content (AvgIpc) is 2.89. The van der Waals surface area contributed by atoms with Crippen LogP contribution in [-0.4, -0.2) is 23.6 Å². The summed E-state index contributed by atoms with van der Waals surface area (Å²) < 4.78 is 0. The molecule has 3 aromatic rings. The highest BCUT2D eigenvalue weighted by Crippen LogP contribution is 2.31. The number of hydrogen-bond donors (Lipinski definition) is 1. The monoisotopic (exact) mass is 269 g/mol. The zero-order chi connectivity index (χ0) is 13.1. The average molecular weight is 269 g/mol. The van der Waals surface area contributed by atoms with E-state index in [-0.39, 0.29) is 0 Å². The summed E-state index contributed by atoms with van der Waals surface area (Å²) in [5, 5.41) is 4.25. The van der Waals surface area contributed by atoms with Gasteiger partial charge in [-0.2, -0.15) is 0 Å². The van der Waals surface area contributed by atoms with Crippen molar-refractivity contribution in [2.75, 3.05) is 13.6 Å². The maximum Gasteiger partial charge on any atom is 0.143 e. The Morgan fingerprint density at radius 2 is 2.05 bits per heavy atom. The molecule has 1 N–H and O–H groups in total. The van der Waals surface area contributed by atoms with Gasteiger partial charge in [0.1, 0.15) is 15.4 Å². The lowest BCUT2D eigenvalue weighted by molar-refractivity contribution is 0.792.